The standard InChI is InChI=1S/C14H23N/c1-12(2)10-14(5)7-6-13(3,4)8-9-15-11-14/h6-9,11-12H,10H2,1-5H3/b7-6-,9-8-,15-11-. The second kappa shape index (κ2) is 4.34. The van der Waals surface area contributed by atoms with Crippen LogP contribution < -0.4 is 0 Å². The van der Waals surface area contributed by atoms with E-state index in [-0.39, 0.29) is 10.8 Å². The first-order valence-electron chi connectivity index (χ1n) is 5.75. The largest absolute Gasteiger partial charge is 0.268 e. The van der Waals surface area contributed by atoms with Gasteiger partial charge in [0.15, 0.2) is 0 Å². The highest BCUT2D eigenvalue weighted by Crippen LogP contribution is 2.30. The van der Waals surface area contributed by atoms with Crippen LogP contribution in [0.3, 0.4) is 0 Å². The summed E-state index contributed by atoms with van der Waals surface area (Å²) >= 11 is 0. The lowest BCUT2D eigenvalue weighted by Crippen LogP contribution is -2.20. The first-order valence-corrected chi connectivity index (χ1v) is 5.75. The van der Waals surface area contributed by atoms with Crippen LogP contribution in [0.1, 0.15) is 41.0 Å². The fourth-order valence-corrected chi connectivity index (χ4v) is 1.95. The summed E-state index contributed by atoms with van der Waals surface area (Å²) in [7, 11) is 0. The van der Waals surface area contributed by atoms with Crippen LogP contribution >= 0.6 is 0 Å². The van der Waals surface area contributed by atoms with Gasteiger partial charge < -0.3 is 0 Å². The normalized spacial score (nSPS) is 35.6. The average Bonchev–Trinajstić information content (AvgIpc) is 2.07. The average molecular weight is 205 g/mol. The molecule has 0 spiro atoms. The zero-order valence-corrected chi connectivity index (χ0v) is 10.6. The molecule has 84 valence electrons. The molecular formula is C14H23N. The molecule has 15 heavy (non-hydrogen) atoms. The Kier molecular flexibility index (Phi) is 3.54. The molecule has 0 aromatic rings. The van der Waals surface area contributed by atoms with Crippen LogP contribution in [-0.2, 0) is 0 Å². The molecule has 0 aromatic carbocycles. The number of hydrogen-bond donors (Lipinski definition) is 0. The lowest BCUT2D eigenvalue weighted by Gasteiger charge is -2.26. The summed E-state index contributed by atoms with van der Waals surface area (Å²) in [4.78, 5) is 4.38. The van der Waals surface area contributed by atoms with Crippen molar-refractivity contribution >= 4 is 6.21 Å². The van der Waals surface area contributed by atoms with Crippen LogP contribution in [0.5, 0.6) is 0 Å². The second-order valence-corrected chi connectivity index (χ2v) is 5.85. The number of allylic oxidation sites excluding steroid dienone is 3. The molecule has 1 nitrogen and oxygen atoms in total. The van der Waals surface area contributed by atoms with Crippen molar-refractivity contribution in [1.29, 1.82) is 0 Å². The first-order chi connectivity index (χ1) is 6.83. The van der Waals surface area contributed by atoms with Crippen LogP contribution in [0, 0.1) is 16.7 Å². The maximum atomic E-state index is 4.38. The highest BCUT2D eigenvalue weighted by molar-refractivity contribution is 5.69. The van der Waals surface area contributed by atoms with Gasteiger partial charge in [-0.15, -0.1) is 0 Å². The molecule has 0 saturated heterocycles. The third kappa shape index (κ3) is 4.03. The van der Waals surface area contributed by atoms with E-state index in [1.165, 1.54) is 0 Å². The molecule has 0 bridgehead atoms. The van der Waals surface area contributed by atoms with Gasteiger partial charge in [0.05, 0.1) is 0 Å². The Labute approximate surface area is 94.0 Å². The Morgan fingerprint density at radius 2 is 1.73 bits per heavy atom. The van der Waals surface area contributed by atoms with Crippen LogP contribution in [0.2, 0.25) is 0 Å². The Balaban J connectivity index is 2.92. The minimum absolute atomic E-state index is 0.107. The summed E-state index contributed by atoms with van der Waals surface area (Å²) in [6.07, 6.45) is 11.9. The smallest absolute Gasteiger partial charge is 0.0232 e. The van der Waals surface area contributed by atoms with Gasteiger partial charge in [-0.1, -0.05) is 52.8 Å². The van der Waals surface area contributed by atoms with Crippen molar-refractivity contribution in [3.63, 3.8) is 0 Å². The second-order valence-electron chi connectivity index (χ2n) is 5.85. The molecule has 1 atom stereocenters. The van der Waals surface area contributed by atoms with Gasteiger partial charge in [0, 0.05) is 23.2 Å². The summed E-state index contributed by atoms with van der Waals surface area (Å²) in [5, 5.41) is 0. The Hall–Kier alpha value is -0.850. The summed E-state index contributed by atoms with van der Waals surface area (Å²) < 4.78 is 0. The summed E-state index contributed by atoms with van der Waals surface area (Å²) in [6.45, 7) is 11.2. The van der Waals surface area contributed by atoms with Crippen molar-refractivity contribution in [2.24, 2.45) is 21.7 Å². The van der Waals surface area contributed by atoms with E-state index in [2.05, 4.69) is 64.1 Å². The van der Waals surface area contributed by atoms with Crippen molar-refractivity contribution in [3.05, 3.63) is 24.4 Å². The molecule has 0 fully saturated rings. The van der Waals surface area contributed by atoms with E-state index in [0.717, 1.165) is 6.42 Å². The number of nitrogens with zero attached hydrogens (tertiary/aromatic N) is 1. The van der Waals surface area contributed by atoms with Crippen LogP contribution in [0.25, 0.3) is 0 Å². The highest BCUT2D eigenvalue weighted by atomic mass is 14.7. The molecule has 1 aliphatic heterocycles. The van der Waals surface area contributed by atoms with Gasteiger partial charge in [0.2, 0.25) is 0 Å². The number of hydrogen-bond acceptors (Lipinski definition) is 1. The van der Waals surface area contributed by atoms with Crippen LogP contribution in [0.15, 0.2) is 29.4 Å². The van der Waals surface area contributed by atoms with E-state index in [1.807, 2.05) is 6.20 Å². The van der Waals surface area contributed by atoms with Gasteiger partial charge in [0.25, 0.3) is 0 Å². The SMILES string of the molecule is CC(C)CC1(C)/C=C\C(C)(C)/C=C\N=C/1. The van der Waals surface area contributed by atoms with Crippen LogP contribution in [0.4, 0.5) is 0 Å². The van der Waals surface area contributed by atoms with Gasteiger partial charge in [-0.25, -0.2) is 0 Å². The molecule has 0 aromatic heterocycles. The number of aliphatic imine (C=N–C) groups is 1. The van der Waals surface area contributed by atoms with Crippen molar-refractivity contribution in [1.82, 2.24) is 0 Å². The minimum atomic E-state index is 0.107. The van der Waals surface area contributed by atoms with E-state index in [1.54, 1.807) is 0 Å². The molecule has 1 heterocycles. The Morgan fingerprint density at radius 3 is 2.33 bits per heavy atom. The third-order valence-electron chi connectivity index (χ3n) is 2.70. The van der Waals surface area contributed by atoms with E-state index in [9.17, 15) is 0 Å². The zero-order valence-electron chi connectivity index (χ0n) is 10.6. The van der Waals surface area contributed by atoms with Crippen molar-refractivity contribution in [2.45, 2.75) is 41.0 Å². The molecule has 1 aliphatic rings. The quantitative estimate of drug-likeness (QED) is 0.598. The first kappa shape index (κ1) is 12.2. The zero-order chi connectivity index (χ0) is 11.5. The fourth-order valence-electron chi connectivity index (χ4n) is 1.95. The lowest BCUT2D eigenvalue weighted by atomic mass is 9.79. The minimum Gasteiger partial charge on any atom is -0.268 e. The van der Waals surface area contributed by atoms with E-state index in [0.29, 0.717) is 5.92 Å². The highest BCUT2D eigenvalue weighted by Gasteiger charge is 2.22. The van der Waals surface area contributed by atoms with E-state index in [4.69, 9.17) is 0 Å². The van der Waals surface area contributed by atoms with Crippen molar-refractivity contribution in [2.75, 3.05) is 0 Å². The molecule has 0 radical (unpaired) electrons. The molecule has 0 amide bonds. The Morgan fingerprint density at radius 1 is 1.07 bits per heavy atom. The van der Waals surface area contributed by atoms with Gasteiger partial charge in [0.1, 0.15) is 0 Å². The van der Waals surface area contributed by atoms with Crippen molar-refractivity contribution < 1.29 is 0 Å². The van der Waals surface area contributed by atoms with Crippen LogP contribution in [-0.4, -0.2) is 6.21 Å². The number of rotatable bonds is 2. The molecule has 1 rings (SSSR count). The fraction of sp³-hybridized carbons (Fsp3) is 0.643. The summed E-state index contributed by atoms with van der Waals surface area (Å²) in [5.74, 6) is 0.692. The molecule has 0 saturated carbocycles. The lowest BCUT2D eigenvalue weighted by molar-refractivity contribution is 0.437. The maximum absolute atomic E-state index is 4.38. The van der Waals surface area contributed by atoms with Gasteiger partial charge >= 0.3 is 0 Å². The maximum Gasteiger partial charge on any atom is 0.0232 e. The topological polar surface area (TPSA) is 12.4 Å². The van der Waals surface area contributed by atoms with E-state index < -0.39 is 0 Å². The molecular weight excluding hydrogens is 182 g/mol. The Bertz CT molecular complexity index is 294. The molecule has 1 unspecified atom stereocenters. The molecule has 0 N–H and O–H groups in total. The van der Waals surface area contributed by atoms with Crippen molar-refractivity contribution in [3.8, 4) is 0 Å². The van der Waals surface area contributed by atoms with Gasteiger partial charge in [-0.3, -0.25) is 4.99 Å². The third-order valence-corrected chi connectivity index (χ3v) is 2.70. The monoisotopic (exact) mass is 205 g/mol. The van der Waals surface area contributed by atoms with Gasteiger partial charge in [-0.05, 0) is 12.3 Å². The predicted octanol–water partition coefficient (Wildman–Crippen LogP) is 4.22. The van der Waals surface area contributed by atoms with Gasteiger partial charge in [-0.2, -0.15) is 0 Å². The predicted molar refractivity (Wildman–Crippen MR) is 68.1 cm³/mol. The summed E-state index contributed by atoms with van der Waals surface area (Å²) in [6, 6.07) is 0. The molecule has 1 heteroatoms. The van der Waals surface area contributed by atoms with E-state index >= 15 is 0 Å². The summed E-state index contributed by atoms with van der Waals surface area (Å²) in [5.41, 5.74) is 0.228. The molecule has 0 aliphatic carbocycles.